The minimum atomic E-state index is -1.01. The van der Waals surface area contributed by atoms with E-state index in [0.29, 0.717) is 16.8 Å². The topological polar surface area (TPSA) is 66.5 Å². The Morgan fingerprint density at radius 2 is 1.71 bits per heavy atom. The molecule has 0 aliphatic carbocycles. The van der Waals surface area contributed by atoms with Crippen molar-refractivity contribution in [1.29, 1.82) is 0 Å². The highest BCUT2D eigenvalue weighted by Gasteiger charge is 2.14. The van der Waals surface area contributed by atoms with Crippen LogP contribution in [0.3, 0.4) is 0 Å². The first-order valence-corrected chi connectivity index (χ1v) is 5.10. The molecule has 0 heterocycles. The van der Waals surface area contributed by atoms with E-state index in [1.807, 2.05) is 0 Å². The highest BCUT2D eigenvalue weighted by Crippen LogP contribution is 2.28. The fraction of sp³-hybridized carbons (Fsp3) is 0.0769. The predicted octanol–water partition coefficient (Wildman–Crippen LogP) is 2.20. The van der Waals surface area contributed by atoms with Gasteiger partial charge in [-0.1, -0.05) is 12.1 Å². The largest absolute Gasteiger partial charge is 0.508 e. The van der Waals surface area contributed by atoms with E-state index in [0.717, 1.165) is 0 Å². The van der Waals surface area contributed by atoms with Crippen molar-refractivity contribution in [2.75, 3.05) is 5.73 Å². The molecule has 4 heteroatoms. The number of hydrogen-bond donors (Lipinski definition) is 3. The number of nitrogens with two attached hydrogens (primary N) is 1. The minimum Gasteiger partial charge on any atom is -0.508 e. The number of halogens is 1. The van der Waals surface area contributed by atoms with Gasteiger partial charge >= 0.3 is 0 Å². The van der Waals surface area contributed by atoms with Gasteiger partial charge in [-0.15, -0.1) is 0 Å². The maximum Gasteiger partial charge on any atom is 0.123 e. The molecule has 2 aromatic rings. The first-order valence-electron chi connectivity index (χ1n) is 5.10. The Bertz CT molecular complexity index is 525. The number of phenolic OH excluding ortho intramolecular Hbond substituents is 1. The van der Waals surface area contributed by atoms with Crippen LogP contribution in [0.4, 0.5) is 10.1 Å². The lowest BCUT2D eigenvalue weighted by Gasteiger charge is -2.14. The van der Waals surface area contributed by atoms with Gasteiger partial charge in [0.1, 0.15) is 17.7 Å². The van der Waals surface area contributed by atoms with Gasteiger partial charge < -0.3 is 15.9 Å². The number of anilines is 1. The van der Waals surface area contributed by atoms with E-state index in [1.165, 1.54) is 30.3 Å². The summed E-state index contributed by atoms with van der Waals surface area (Å²) in [5.41, 5.74) is 6.86. The van der Waals surface area contributed by atoms with Crippen LogP contribution in [0.25, 0.3) is 0 Å². The van der Waals surface area contributed by atoms with Crippen molar-refractivity contribution in [3.8, 4) is 5.75 Å². The molecule has 0 fully saturated rings. The molecule has 1 unspecified atom stereocenters. The second kappa shape index (κ2) is 4.43. The van der Waals surface area contributed by atoms with Crippen LogP contribution >= 0.6 is 0 Å². The summed E-state index contributed by atoms with van der Waals surface area (Å²) in [6.07, 6.45) is -1.01. The summed E-state index contributed by atoms with van der Waals surface area (Å²) in [5.74, 6) is -0.347. The van der Waals surface area contributed by atoms with Gasteiger partial charge in [-0.3, -0.25) is 0 Å². The Morgan fingerprint density at radius 3 is 2.35 bits per heavy atom. The second-order valence-electron chi connectivity index (χ2n) is 3.77. The van der Waals surface area contributed by atoms with Crippen LogP contribution in [0.5, 0.6) is 5.75 Å². The van der Waals surface area contributed by atoms with Crippen molar-refractivity contribution < 1.29 is 14.6 Å². The minimum absolute atomic E-state index is 0.105. The summed E-state index contributed by atoms with van der Waals surface area (Å²) in [6.45, 7) is 0. The summed E-state index contributed by atoms with van der Waals surface area (Å²) in [6, 6.07) is 9.88. The quantitative estimate of drug-likeness (QED) is 0.696. The SMILES string of the molecule is Nc1ccc(F)cc1C(O)c1ccc(O)cc1. The van der Waals surface area contributed by atoms with Crippen LogP contribution in [0, 0.1) is 5.82 Å². The van der Waals surface area contributed by atoms with Gasteiger partial charge in [0.15, 0.2) is 0 Å². The van der Waals surface area contributed by atoms with E-state index in [-0.39, 0.29) is 5.75 Å². The molecule has 2 rings (SSSR count). The average molecular weight is 233 g/mol. The highest BCUT2D eigenvalue weighted by molar-refractivity contribution is 5.50. The van der Waals surface area contributed by atoms with Crippen molar-refractivity contribution in [1.82, 2.24) is 0 Å². The Hall–Kier alpha value is -2.07. The number of aromatic hydroxyl groups is 1. The van der Waals surface area contributed by atoms with Crippen LogP contribution in [0.15, 0.2) is 42.5 Å². The molecule has 0 saturated carbocycles. The van der Waals surface area contributed by atoms with E-state index in [2.05, 4.69) is 0 Å². The van der Waals surface area contributed by atoms with Gasteiger partial charge in [-0.2, -0.15) is 0 Å². The van der Waals surface area contributed by atoms with Crippen molar-refractivity contribution in [3.63, 3.8) is 0 Å². The van der Waals surface area contributed by atoms with Gasteiger partial charge in [-0.05, 0) is 35.9 Å². The van der Waals surface area contributed by atoms with Gasteiger partial charge in [0.2, 0.25) is 0 Å². The molecular weight excluding hydrogens is 221 g/mol. The number of nitrogen functional groups attached to an aromatic ring is 1. The van der Waals surface area contributed by atoms with Crippen molar-refractivity contribution in [2.45, 2.75) is 6.10 Å². The lowest BCUT2D eigenvalue weighted by atomic mass is 10.00. The lowest BCUT2D eigenvalue weighted by Crippen LogP contribution is -2.04. The van der Waals surface area contributed by atoms with Gasteiger partial charge in [0.05, 0.1) is 0 Å². The number of phenols is 1. The van der Waals surface area contributed by atoms with Crippen LogP contribution < -0.4 is 5.73 Å². The van der Waals surface area contributed by atoms with Crippen LogP contribution in [-0.4, -0.2) is 10.2 Å². The standard InChI is InChI=1S/C13H12FNO2/c14-9-3-6-12(15)11(7-9)13(17)8-1-4-10(16)5-2-8/h1-7,13,16-17H,15H2. The number of aliphatic hydroxyl groups is 1. The molecule has 0 saturated heterocycles. The Labute approximate surface area is 97.9 Å². The zero-order chi connectivity index (χ0) is 12.4. The van der Waals surface area contributed by atoms with Crippen LogP contribution in [0.2, 0.25) is 0 Å². The molecule has 17 heavy (non-hydrogen) atoms. The lowest BCUT2D eigenvalue weighted by molar-refractivity contribution is 0.220. The maximum atomic E-state index is 13.1. The molecule has 0 spiro atoms. The monoisotopic (exact) mass is 233 g/mol. The third kappa shape index (κ3) is 2.37. The van der Waals surface area contributed by atoms with Crippen LogP contribution in [0.1, 0.15) is 17.2 Å². The van der Waals surface area contributed by atoms with Crippen molar-refractivity contribution in [2.24, 2.45) is 0 Å². The molecular formula is C13H12FNO2. The third-order valence-electron chi connectivity index (χ3n) is 2.55. The molecule has 0 aliphatic rings. The Balaban J connectivity index is 2.39. The molecule has 4 N–H and O–H groups in total. The zero-order valence-electron chi connectivity index (χ0n) is 8.97. The second-order valence-corrected chi connectivity index (χ2v) is 3.77. The number of hydrogen-bond acceptors (Lipinski definition) is 3. The van der Waals surface area contributed by atoms with E-state index < -0.39 is 11.9 Å². The molecule has 0 amide bonds. The molecule has 0 aromatic heterocycles. The first kappa shape index (κ1) is 11.4. The normalized spacial score (nSPS) is 12.4. The predicted molar refractivity (Wildman–Crippen MR) is 63.0 cm³/mol. The molecule has 0 aliphatic heterocycles. The highest BCUT2D eigenvalue weighted by atomic mass is 19.1. The van der Waals surface area contributed by atoms with Crippen molar-refractivity contribution in [3.05, 3.63) is 59.4 Å². The fourth-order valence-corrected chi connectivity index (χ4v) is 1.62. The van der Waals surface area contributed by atoms with E-state index in [1.54, 1.807) is 12.1 Å². The first-order chi connectivity index (χ1) is 8.08. The van der Waals surface area contributed by atoms with Gasteiger partial charge in [0, 0.05) is 11.3 Å². The molecule has 1 atom stereocenters. The van der Waals surface area contributed by atoms with Gasteiger partial charge in [0.25, 0.3) is 0 Å². The summed E-state index contributed by atoms with van der Waals surface area (Å²) in [5, 5.41) is 19.2. The number of rotatable bonds is 2. The third-order valence-corrected chi connectivity index (χ3v) is 2.55. The molecule has 88 valence electrons. The molecule has 3 nitrogen and oxygen atoms in total. The van der Waals surface area contributed by atoms with Crippen molar-refractivity contribution >= 4 is 5.69 Å². The van der Waals surface area contributed by atoms with Crippen LogP contribution in [-0.2, 0) is 0 Å². The molecule has 2 aromatic carbocycles. The van der Waals surface area contributed by atoms with E-state index in [4.69, 9.17) is 10.8 Å². The van der Waals surface area contributed by atoms with E-state index in [9.17, 15) is 9.50 Å². The Kier molecular flexibility index (Phi) is 2.97. The smallest absolute Gasteiger partial charge is 0.123 e. The summed E-state index contributed by atoms with van der Waals surface area (Å²) in [4.78, 5) is 0. The zero-order valence-corrected chi connectivity index (χ0v) is 8.97. The summed E-state index contributed by atoms with van der Waals surface area (Å²) < 4.78 is 13.1. The summed E-state index contributed by atoms with van der Waals surface area (Å²) in [7, 11) is 0. The maximum absolute atomic E-state index is 13.1. The average Bonchev–Trinajstić information content (AvgIpc) is 2.32. The molecule has 0 bridgehead atoms. The van der Waals surface area contributed by atoms with E-state index >= 15 is 0 Å². The van der Waals surface area contributed by atoms with Gasteiger partial charge in [-0.25, -0.2) is 4.39 Å². The Morgan fingerprint density at radius 1 is 1.06 bits per heavy atom. The molecule has 0 radical (unpaired) electrons. The summed E-state index contributed by atoms with van der Waals surface area (Å²) >= 11 is 0. The fourth-order valence-electron chi connectivity index (χ4n) is 1.62. The number of benzene rings is 2. The number of aliphatic hydroxyl groups excluding tert-OH is 1.